The van der Waals surface area contributed by atoms with E-state index in [1.807, 2.05) is 55.1 Å². The van der Waals surface area contributed by atoms with Crippen LogP contribution in [0.5, 0.6) is 17.2 Å². The Morgan fingerprint density at radius 1 is 1.11 bits per heavy atom. The first kappa shape index (κ1) is 22.5. The molecule has 7 heteroatoms. The molecule has 1 unspecified atom stereocenters. The van der Waals surface area contributed by atoms with Gasteiger partial charge in [0.2, 0.25) is 0 Å². The minimum atomic E-state index is -0.0636. The summed E-state index contributed by atoms with van der Waals surface area (Å²) in [4.78, 5) is 22.3. The number of hydrogen-bond donors (Lipinski definition) is 0. The van der Waals surface area contributed by atoms with Gasteiger partial charge in [0.1, 0.15) is 23.0 Å². The first-order valence-corrected chi connectivity index (χ1v) is 11.6. The second-order valence-electron chi connectivity index (χ2n) is 8.86. The number of carbonyl (C=O) groups excluding carboxylic acids is 1. The Morgan fingerprint density at radius 3 is 2.74 bits per heavy atom. The molecule has 1 atom stereocenters. The average molecular weight is 467 g/mol. The molecule has 0 radical (unpaired) electrons. The first-order valence-electron chi connectivity index (χ1n) is 11.6. The number of rotatable bonds is 2. The van der Waals surface area contributed by atoms with Crippen LogP contribution in [0.25, 0.3) is 0 Å². The number of aliphatic imine (C=N–C) groups is 1. The van der Waals surface area contributed by atoms with Crippen LogP contribution < -0.4 is 9.47 Å². The average Bonchev–Trinajstić information content (AvgIpc) is 3.04. The van der Waals surface area contributed by atoms with Crippen molar-refractivity contribution in [1.29, 1.82) is 5.26 Å². The number of benzene rings is 3. The normalized spacial score (nSPS) is 16.7. The molecule has 0 spiro atoms. The number of ether oxygens (including phenoxy) is 2. The van der Waals surface area contributed by atoms with Gasteiger partial charge in [-0.1, -0.05) is 12.1 Å². The Balaban J connectivity index is 1.46. The third kappa shape index (κ3) is 4.31. The highest BCUT2D eigenvalue weighted by atomic mass is 16.5. The van der Waals surface area contributed by atoms with Crippen molar-refractivity contribution in [1.82, 2.24) is 9.80 Å². The molecule has 0 saturated carbocycles. The zero-order chi connectivity index (χ0) is 24.5. The van der Waals surface area contributed by atoms with E-state index in [9.17, 15) is 10.1 Å². The van der Waals surface area contributed by atoms with Gasteiger partial charge in [0, 0.05) is 37.3 Å². The first-order chi connectivity index (χ1) is 17.0. The topological polar surface area (TPSA) is 78.2 Å². The molecule has 35 heavy (non-hydrogen) atoms. The van der Waals surface area contributed by atoms with E-state index in [0.29, 0.717) is 48.0 Å². The third-order valence-corrected chi connectivity index (χ3v) is 6.42. The highest BCUT2D eigenvalue weighted by Gasteiger charge is 2.32. The lowest BCUT2D eigenvalue weighted by Gasteiger charge is -2.41. The Hall–Kier alpha value is -4.31. The molecule has 7 nitrogen and oxygen atoms in total. The molecule has 1 fully saturated rings. The van der Waals surface area contributed by atoms with Crippen molar-refractivity contribution in [2.24, 2.45) is 4.99 Å². The zero-order valence-corrected chi connectivity index (χ0v) is 20.0. The summed E-state index contributed by atoms with van der Waals surface area (Å²) in [5.74, 6) is 2.85. The molecular weight excluding hydrogens is 440 g/mol. The fourth-order valence-corrected chi connectivity index (χ4v) is 4.57. The van der Waals surface area contributed by atoms with Crippen LogP contribution in [-0.4, -0.2) is 54.3 Å². The molecule has 0 aliphatic carbocycles. The maximum atomic E-state index is 13.2. The molecule has 2 heterocycles. The summed E-state index contributed by atoms with van der Waals surface area (Å²) in [6, 6.07) is 20.7. The van der Waals surface area contributed by atoms with Crippen molar-refractivity contribution in [2.45, 2.75) is 19.9 Å². The molecule has 2 aliphatic heterocycles. The van der Waals surface area contributed by atoms with Crippen LogP contribution in [-0.2, 0) is 0 Å². The van der Waals surface area contributed by atoms with E-state index >= 15 is 0 Å². The SMILES string of the molecule is COc1ccc2c(c1)Oc1cc(C)ccc1N=C2N1CCN(C(=O)c2cccc(C#N)c2)C(C)C1. The van der Waals surface area contributed by atoms with E-state index in [2.05, 4.69) is 11.0 Å². The number of amides is 1. The second-order valence-corrected chi connectivity index (χ2v) is 8.86. The van der Waals surface area contributed by atoms with Crippen LogP contribution >= 0.6 is 0 Å². The number of nitrogens with zero attached hydrogens (tertiary/aromatic N) is 4. The van der Waals surface area contributed by atoms with Crippen molar-refractivity contribution in [3.8, 4) is 23.3 Å². The van der Waals surface area contributed by atoms with Crippen molar-refractivity contribution in [2.75, 3.05) is 26.7 Å². The predicted octanol–water partition coefficient (Wildman–Crippen LogP) is 4.91. The maximum absolute atomic E-state index is 13.2. The van der Waals surface area contributed by atoms with Crippen LogP contribution in [0.1, 0.15) is 34.0 Å². The summed E-state index contributed by atoms with van der Waals surface area (Å²) in [5.41, 5.74) is 3.75. The fourth-order valence-electron chi connectivity index (χ4n) is 4.57. The maximum Gasteiger partial charge on any atom is 0.254 e. The molecule has 0 N–H and O–H groups in total. The Bertz CT molecular complexity index is 1370. The number of hydrogen-bond acceptors (Lipinski definition) is 6. The Kier molecular flexibility index (Phi) is 5.87. The van der Waals surface area contributed by atoms with Gasteiger partial charge in [0.05, 0.1) is 24.3 Å². The van der Waals surface area contributed by atoms with Crippen molar-refractivity contribution in [3.63, 3.8) is 0 Å². The van der Waals surface area contributed by atoms with Gasteiger partial charge >= 0.3 is 0 Å². The molecule has 2 aliphatic rings. The highest BCUT2D eigenvalue weighted by Crippen LogP contribution is 2.40. The highest BCUT2D eigenvalue weighted by molar-refractivity contribution is 6.04. The van der Waals surface area contributed by atoms with Crippen molar-refractivity contribution < 1.29 is 14.3 Å². The van der Waals surface area contributed by atoms with Gasteiger partial charge < -0.3 is 19.3 Å². The molecule has 5 rings (SSSR count). The van der Waals surface area contributed by atoms with Crippen LogP contribution in [0.3, 0.4) is 0 Å². The fraction of sp³-hybridized carbons (Fsp3) is 0.250. The molecule has 3 aromatic carbocycles. The minimum absolute atomic E-state index is 0.0481. The molecule has 176 valence electrons. The van der Waals surface area contributed by atoms with Gasteiger partial charge in [-0.05, 0) is 61.9 Å². The minimum Gasteiger partial charge on any atom is -0.497 e. The number of piperazine rings is 1. The van der Waals surface area contributed by atoms with Crippen LogP contribution in [0.15, 0.2) is 65.7 Å². The third-order valence-electron chi connectivity index (χ3n) is 6.42. The standard InChI is InChI=1S/C28H26N4O3/c1-18-7-10-24-26(13-18)35-25-15-22(34-3)8-9-23(25)27(30-24)31-11-12-32(19(2)17-31)28(33)21-6-4-5-20(14-21)16-29/h4-10,13-15,19H,11-12,17H2,1-3H3. The van der Waals surface area contributed by atoms with Gasteiger partial charge in [-0.3, -0.25) is 4.79 Å². The summed E-state index contributed by atoms with van der Waals surface area (Å²) >= 11 is 0. The van der Waals surface area contributed by atoms with E-state index in [4.69, 9.17) is 14.5 Å². The molecule has 3 aromatic rings. The van der Waals surface area contributed by atoms with Crippen molar-refractivity contribution >= 4 is 17.4 Å². The number of fused-ring (bicyclic) bond motifs is 2. The molecule has 0 bridgehead atoms. The van der Waals surface area contributed by atoms with Gasteiger partial charge in [-0.2, -0.15) is 5.26 Å². The monoisotopic (exact) mass is 466 g/mol. The van der Waals surface area contributed by atoms with E-state index in [1.54, 1.807) is 31.4 Å². The number of carbonyl (C=O) groups is 1. The Labute approximate surface area is 204 Å². The van der Waals surface area contributed by atoms with Gasteiger partial charge in [-0.25, -0.2) is 4.99 Å². The van der Waals surface area contributed by atoms with Crippen molar-refractivity contribution in [3.05, 3.63) is 82.9 Å². The number of nitriles is 1. The van der Waals surface area contributed by atoms with Gasteiger partial charge in [0.25, 0.3) is 5.91 Å². The lowest BCUT2D eigenvalue weighted by atomic mass is 10.1. The second kappa shape index (κ2) is 9.15. The summed E-state index contributed by atoms with van der Waals surface area (Å²) in [6.07, 6.45) is 0. The van der Waals surface area contributed by atoms with Crippen LogP contribution in [0, 0.1) is 18.3 Å². The number of aryl methyl sites for hydroxylation is 1. The van der Waals surface area contributed by atoms with E-state index in [0.717, 1.165) is 22.6 Å². The Morgan fingerprint density at radius 2 is 1.97 bits per heavy atom. The lowest BCUT2D eigenvalue weighted by molar-refractivity contribution is 0.0581. The predicted molar refractivity (Wildman–Crippen MR) is 134 cm³/mol. The summed E-state index contributed by atoms with van der Waals surface area (Å²) in [5, 5.41) is 9.19. The lowest BCUT2D eigenvalue weighted by Crippen LogP contribution is -2.55. The van der Waals surface area contributed by atoms with Gasteiger partial charge in [0.15, 0.2) is 5.75 Å². The van der Waals surface area contributed by atoms with Gasteiger partial charge in [-0.15, -0.1) is 0 Å². The van der Waals surface area contributed by atoms with E-state index in [-0.39, 0.29) is 11.9 Å². The molecule has 0 aromatic heterocycles. The number of methoxy groups -OCH3 is 1. The van der Waals surface area contributed by atoms with E-state index < -0.39 is 0 Å². The summed E-state index contributed by atoms with van der Waals surface area (Å²) < 4.78 is 11.7. The largest absolute Gasteiger partial charge is 0.497 e. The number of amidine groups is 1. The summed E-state index contributed by atoms with van der Waals surface area (Å²) in [7, 11) is 1.63. The molecule has 1 saturated heterocycles. The zero-order valence-electron chi connectivity index (χ0n) is 20.0. The molecular formula is C28H26N4O3. The summed E-state index contributed by atoms with van der Waals surface area (Å²) in [6.45, 7) is 5.85. The van der Waals surface area contributed by atoms with Crippen LogP contribution in [0.2, 0.25) is 0 Å². The van der Waals surface area contributed by atoms with Crippen LogP contribution in [0.4, 0.5) is 5.69 Å². The quantitative estimate of drug-likeness (QED) is 0.537. The van der Waals surface area contributed by atoms with E-state index in [1.165, 1.54) is 0 Å². The smallest absolute Gasteiger partial charge is 0.254 e. The molecule has 1 amide bonds.